The van der Waals surface area contributed by atoms with Crippen LogP contribution in [-0.4, -0.2) is 41.2 Å². The van der Waals surface area contributed by atoms with Gasteiger partial charge in [-0.25, -0.2) is 0 Å². The Morgan fingerprint density at radius 3 is 2.61 bits per heavy atom. The number of hydrogen-bond donors (Lipinski definition) is 1. The summed E-state index contributed by atoms with van der Waals surface area (Å²) >= 11 is 0. The molecule has 0 aliphatic carbocycles. The average molecular weight is 377 g/mol. The van der Waals surface area contributed by atoms with Crippen LogP contribution in [0.2, 0.25) is 0 Å². The monoisotopic (exact) mass is 376 g/mol. The number of rotatable bonds is 8. The maximum absolute atomic E-state index is 11.8. The van der Waals surface area contributed by atoms with Gasteiger partial charge in [0.25, 0.3) is 0 Å². The lowest BCUT2D eigenvalue weighted by Gasteiger charge is -2.10. The molecule has 0 unspecified atom stereocenters. The molecule has 0 spiro atoms. The molecule has 0 saturated carbocycles. The molecule has 1 heterocycles. The molecule has 0 bridgehead atoms. The first kappa shape index (κ1) is 19.8. The zero-order valence-corrected chi connectivity index (χ0v) is 16.9. The predicted molar refractivity (Wildman–Crippen MR) is 113 cm³/mol. The van der Waals surface area contributed by atoms with Crippen LogP contribution in [0.4, 0.5) is 0 Å². The smallest absolute Gasteiger partial charge is 0.223 e. The average Bonchev–Trinajstić information content (AvgIpc) is 3.08. The third kappa shape index (κ3) is 5.30. The van der Waals surface area contributed by atoms with Gasteiger partial charge in [-0.2, -0.15) is 5.10 Å². The summed E-state index contributed by atoms with van der Waals surface area (Å²) in [7, 11) is 3.57. The van der Waals surface area contributed by atoms with Gasteiger partial charge in [0.15, 0.2) is 0 Å². The Balaban J connectivity index is 1.77. The molecule has 3 aromatic rings. The predicted octanol–water partition coefficient (Wildman–Crippen LogP) is 3.47. The fraction of sp³-hybridized carbons (Fsp3) is 0.304. The molecule has 146 valence electrons. The molecule has 28 heavy (non-hydrogen) atoms. The van der Waals surface area contributed by atoms with Crippen LogP contribution in [0.25, 0.3) is 11.3 Å². The van der Waals surface area contributed by atoms with Crippen molar-refractivity contribution in [3.63, 3.8) is 0 Å². The topological polar surface area (TPSA) is 50.2 Å². The van der Waals surface area contributed by atoms with Crippen LogP contribution in [0.3, 0.4) is 0 Å². The number of benzene rings is 2. The Kier molecular flexibility index (Phi) is 6.61. The fourth-order valence-corrected chi connectivity index (χ4v) is 3.12. The highest BCUT2D eigenvalue weighted by molar-refractivity contribution is 5.75. The van der Waals surface area contributed by atoms with Crippen molar-refractivity contribution in [2.24, 2.45) is 0 Å². The minimum Gasteiger partial charge on any atom is -0.349 e. The molecule has 5 nitrogen and oxygen atoms in total. The van der Waals surface area contributed by atoms with Gasteiger partial charge in [-0.05, 0) is 18.6 Å². The van der Waals surface area contributed by atoms with Crippen molar-refractivity contribution in [2.75, 3.05) is 20.6 Å². The minimum atomic E-state index is 0.131. The van der Waals surface area contributed by atoms with Gasteiger partial charge in [0.2, 0.25) is 5.91 Å². The van der Waals surface area contributed by atoms with E-state index in [1.807, 2.05) is 22.9 Å². The van der Waals surface area contributed by atoms with E-state index in [9.17, 15) is 4.79 Å². The number of amides is 1. The summed E-state index contributed by atoms with van der Waals surface area (Å²) in [6.07, 6.45) is 2.59. The zero-order chi connectivity index (χ0) is 19.9. The van der Waals surface area contributed by atoms with Crippen molar-refractivity contribution >= 4 is 5.91 Å². The van der Waals surface area contributed by atoms with Crippen molar-refractivity contribution < 1.29 is 4.79 Å². The molecule has 0 aliphatic heterocycles. The second-order valence-corrected chi connectivity index (χ2v) is 7.27. The number of carbonyl (C=O) groups excluding carboxylic acids is 1. The fourth-order valence-electron chi connectivity index (χ4n) is 3.12. The Hall–Kier alpha value is -2.92. The first-order chi connectivity index (χ1) is 13.5. The summed E-state index contributed by atoms with van der Waals surface area (Å²) in [5.41, 5.74) is 5.68. The zero-order valence-electron chi connectivity index (χ0n) is 16.9. The third-order valence-corrected chi connectivity index (χ3v) is 4.65. The molecule has 0 aliphatic rings. The number of nitrogens with one attached hydrogen (secondary N) is 1. The Morgan fingerprint density at radius 1 is 1.11 bits per heavy atom. The van der Waals surface area contributed by atoms with E-state index in [2.05, 4.69) is 54.8 Å². The van der Waals surface area contributed by atoms with Crippen LogP contribution < -0.4 is 5.32 Å². The summed E-state index contributed by atoms with van der Waals surface area (Å²) < 4.78 is 2.00. The van der Waals surface area contributed by atoms with E-state index in [1.165, 1.54) is 11.1 Å². The van der Waals surface area contributed by atoms with Gasteiger partial charge in [0.1, 0.15) is 0 Å². The SMILES string of the molecule is Cc1cccc(-c2nn(Cc3ccccc3)cc2CNCCC(=O)N(C)C)c1. The number of aryl methyl sites for hydroxylation is 1. The number of nitrogens with zero attached hydrogens (tertiary/aromatic N) is 3. The molecular weight excluding hydrogens is 348 g/mol. The van der Waals surface area contributed by atoms with E-state index in [-0.39, 0.29) is 5.91 Å². The highest BCUT2D eigenvalue weighted by Crippen LogP contribution is 2.23. The lowest BCUT2D eigenvalue weighted by atomic mass is 10.1. The summed E-state index contributed by atoms with van der Waals surface area (Å²) in [6, 6.07) is 18.8. The van der Waals surface area contributed by atoms with E-state index in [0.717, 1.165) is 23.4 Å². The lowest BCUT2D eigenvalue weighted by Crippen LogP contribution is -2.26. The number of aromatic nitrogens is 2. The van der Waals surface area contributed by atoms with E-state index in [4.69, 9.17) is 5.10 Å². The molecule has 0 atom stereocenters. The van der Waals surface area contributed by atoms with Crippen LogP contribution >= 0.6 is 0 Å². The quantitative estimate of drug-likeness (QED) is 0.613. The normalized spacial score (nSPS) is 10.8. The van der Waals surface area contributed by atoms with Crippen LogP contribution in [0.1, 0.15) is 23.1 Å². The first-order valence-corrected chi connectivity index (χ1v) is 9.61. The van der Waals surface area contributed by atoms with Gasteiger partial charge in [-0.3, -0.25) is 9.48 Å². The number of hydrogen-bond acceptors (Lipinski definition) is 3. The second kappa shape index (κ2) is 9.33. The molecule has 0 saturated heterocycles. The van der Waals surface area contributed by atoms with Gasteiger partial charge >= 0.3 is 0 Å². The van der Waals surface area contributed by atoms with E-state index in [0.29, 0.717) is 19.5 Å². The van der Waals surface area contributed by atoms with Gasteiger partial charge in [-0.1, -0.05) is 54.1 Å². The molecule has 2 aromatic carbocycles. The largest absolute Gasteiger partial charge is 0.349 e. The summed E-state index contributed by atoms with van der Waals surface area (Å²) in [6.45, 7) is 4.15. The second-order valence-electron chi connectivity index (χ2n) is 7.27. The van der Waals surface area contributed by atoms with Gasteiger partial charge in [-0.15, -0.1) is 0 Å². The standard InChI is InChI=1S/C23H28N4O/c1-18-8-7-11-20(14-18)23-21(15-24-13-12-22(28)26(2)3)17-27(25-23)16-19-9-5-4-6-10-19/h4-11,14,17,24H,12-13,15-16H2,1-3H3. The van der Waals surface area contributed by atoms with Crippen LogP contribution in [0.5, 0.6) is 0 Å². The van der Waals surface area contributed by atoms with Crippen molar-refractivity contribution in [2.45, 2.75) is 26.4 Å². The van der Waals surface area contributed by atoms with Crippen LogP contribution in [-0.2, 0) is 17.9 Å². The van der Waals surface area contributed by atoms with Crippen molar-refractivity contribution in [3.8, 4) is 11.3 Å². The van der Waals surface area contributed by atoms with E-state index in [1.54, 1.807) is 19.0 Å². The Bertz CT molecular complexity index is 915. The molecule has 0 radical (unpaired) electrons. The van der Waals surface area contributed by atoms with E-state index < -0.39 is 0 Å². The molecule has 5 heteroatoms. The van der Waals surface area contributed by atoms with Crippen molar-refractivity contribution in [3.05, 3.63) is 77.5 Å². The van der Waals surface area contributed by atoms with Gasteiger partial charge in [0.05, 0.1) is 12.2 Å². The molecule has 3 rings (SSSR count). The van der Waals surface area contributed by atoms with Gasteiger partial charge in [0, 0.05) is 50.9 Å². The van der Waals surface area contributed by atoms with Gasteiger partial charge < -0.3 is 10.2 Å². The summed E-state index contributed by atoms with van der Waals surface area (Å²) in [5.74, 6) is 0.131. The number of carbonyl (C=O) groups is 1. The van der Waals surface area contributed by atoms with Crippen molar-refractivity contribution in [1.29, 1.82) is 0 Å². The third-order valence-electron chi connectivity index (χ3n) is 4.65. The minimum absolute atomic E-state index is 0.131. The van der Waals surface area contributed by atoms with Crippen LogP contribution in [0, 0.1) is 6.92 Å². The molecule has 1 amide bonds. The highest BCUT2D eigenvalue weighted by Gasteiger charge is 2.12. The van der Waals surface area contributed by atoms with Crippen molar-refractivity contribution in [1.82, 2.24) is 20.0 Å². The Labute approximate surface area is 167 Å². The lowest BCUT2D eigenvalue weighted by molar-refractivity contribution is -0.128. The highest BCUT2D eigenvalue weighted by atomic mass is 16.2. The summed E-state index contributed by atoms with van der Waals surface area (Å²) in [5, 5.41) is 8.25. The Morgan fingerprint density at radius 2 is 1.89 bits per heavy atom. The molecular formula is C23H28N4O. The van der Waals surface area contributed by atoms with E-state index >= 15 is 0 Å². The first-order valence-electron chi connectivity index (χ1n) is 9.61. The maximum Gasteiger partial charge on any atom is 0.223 e. The summed E-state index contributed by atoms with van der Waals surface area (Å²) in [4.78, 5) is 13.4. The van der Waals surface area contributed by atoms with Crippen LogP contribution in [0.15, 0.2) is 60.8 Å². The molecule has 1 aromatic heterocycles. The molecule has 1 N–H and O–H groups in total. The molecule has 0 fully saturated rings. The maximum atomic E-state index is 11.8.